The predicted molar refractivity (Wildman–Crippen MR) is 102 cm³/mol. The van der Waals surface area contributed by atoms with Crippen LogP contribution in [0.25, 0.3) is 0 Å². The van der Waals surface area contributed by atoms with Crippen molar-refractivity contribution in [3.8, 4) is 0 Å². The minimum absolute atomic E-state index is 0.874. The van der Waals surface area contributed by atoms with E-state index in [0.717, 1.165) is 45.1 Å². The van der Waals surface area contributed by atoms with Gasteiger partial charge in [-0.2, -0.15) is 0 Å². The zero-order valence-electron chi connectivity index (χ0n) is 14.4. The van der Waals surface area contributed by atoms with Crippen LogP contribution in [-0.2, 0) is 6.42 Å². The van der Waals surface area contributed by atoms with E-state index in [-0.39, 0.29) is 0 Å². The maximum Gasteiger partial charge on any atom is 0.193 e. The molecule has 1 aromatic carbocycles. The van der Waals surface area contributed by atoms with E-state index < -0.39 is 0 Å². The summed E-state index contributed by atoms with van der Waals surface area (Å²) in [5, 5.41) is 4.66. The normalized spacial score (nSPS) is 15.7. The Morgan fingerprint density at radius 2 is 1.96 bits per heavy atom. The van der Waals surface area contributed by atoms with Crippen molar-refractivity contribution in [1.82, 2.24) is 15.2 Å². The molecule has 128 valence electrons. The van der Waals surface area contributed by atoms with E-state index in [1.807, 2.05) is 13.2 Å². The Morgan fingerprint density at radius 3 is 2.58 bits per heavy atom. The Bertz CT molecular complexity index is 659. The Morgan fingerprint density at radius 1 is 1.21 bits per heavy atom. The summed E-state index contributed by atoms with van der Waals surface area (Å²) in [6.45, 7) is 7.00. The molecule has 0 spiro atoms. The van der Waals surface area contributed by atoms with Crippen LogP contribution in [0.15, 0.2) is 41.5 Å². The lowest BCUT2D eigenvalue weighted by atomic mass is 10.2. The number of guanidine groups is 1. The van der Waals surface area contributed by atoms with Crippen molar-refractivity contribution < 1.29 is 0 Å². The number of hydrogen-bond acceptors (Lipinski definition) is 4. The molecule has 2 heterocycles. The third-order valence-electron chi connectivity index (χ3n) is 4.20. The molecule has 1 saturated heterocycles. The highest BCUT2D eigenvalue weighted by atomic mass is 32.1. The fourth-order valence-corrected chi connectivity index (χ4v) is 3.73. The van der Waals surface area contributed by atoms with Crippen molar-refractivity contribution in [1.29, 1.82) is 0 Å². The van der Waals surface area contributed by atoms with Gasteiger partial charge in [0.2, 0.25) is 0 Å². The topological polar surface area (TPSA) is 43.8 Å². The Balaban J connectivity index is 1.47. The quantitative estimate of drug-likeness (QED) is 0.684. The van der Waals surface area contributed by atoms with Gasteiger partial charge in [-0.1, -0.05) is 18.2 Å². The lowest BCUT2D eigenvalue weighted by Gasteiger charge is -2.37. The fraction of sp³-hybridized carbons (Fsp3) is 0.444. The first-order valence-corrected chi connectivity index (χ1v) is 9.25. The van der Waals surface area contributed by atoms with E-state index in [0.29, 0.717) is 0 Å². The molecule has 2 aromatic rings. The molecular formula is C18H25N5S. The van der Waals surface area contributed by atoms with Crippen molar-refractivity contribution in [2.24, 2.45) is 4.99 Å². The van der Waals surface area contributed by atoms with E-state index in [9.17, 15) is 0 Å². The molecule has 24 heavy (non-hydrogen) atoms. The SMILES string of the molecule is CN=C(NCCc1ncc(C)s1)N1CCN(c2ccccc2)CC1. The Kier molecular flexibility index (Phi) is 5.69. The summed E-state index contributed by atoms with van der Waals surface area (Å²) in [5.41, 5.74) is 1.30. The molecular weight excluding hydrogens is 318 g/mol. The summed E-state index contributed by atoms with van der Waals surface area (Å²) >= 11 is 1.77. The molecule has 0 atom stereocenters. The van der Waals surface area contributed by atoms with Gasteiger partial charge in [-0.25, -0.2) is 4.98 Å². The molecule has 0 saturated carbocycles. The number of hydrogen-bond donors (Lipinski definition) is 1. The number of aryl methyl sites for hydroxylation is 1. The maximum absolute atomic E-state index is 4.44. The minimum atomic E-state index is 0.874. The van der Waals surface area contributed by atoms with Gasteiger partial charge in [-0.3, -0.25) is 4.99 Å². The lowest BCUT2D eigenvalue weighted by Crippen LogP contribution is -2.52. The number of benzene rings is 1. The number of nitrogens with zero attached hydrogens (tertiary/aromatic N) is 4. The highest BCUT2D eigenvalue weighted by Crippen LogP contribution is 2.15. The van der Waals surface area contributed by atoms with Crippen LogP contribution in [0.5, 0.6) is 0 Å². The minimum Gasteiger partial charge on any atom is -0.368 e. The van der Waals surface area contributed by atoms with Gasteiger partial charge in [-0.15, -0.1) is 11.3 Å². The molecule has 0 amide bonds. The van der Waals surface area contributed by atoms with Crippen LogP contribution < -0.4 is 10.2 Å². The van der Waals surface area contributed by atoms with Crippen molar-refractivity contribution in [2.45, 2.75) is 13.3 Å². The zero-order valence-corrected chi connectivity index (χ0v) is 15.2. The van der Waals surface area contributed by atoms with Gasteiger partial charge in [0.25, 0.3) is 0 Å². The molecule has 0 bridgehead atoms. The van der Waals surface area contributed by atoms with Crippen LogP contribution >= 0.6 is 11.3 Å². The van der Waals surface area contributed by atoms with Gasteiger partial charge < -0.3 is 15.1 Å². The third kappa shape index (κ3) is 4.26. The van der Waals surface area contributed by atoms with Crippen LogP contribution in [0.2, 0.25) is 0 Å². The monoisotopic (exact) mass is 343 g/mol. The van der Waals surface area contributed by atoms with E-state index in [1.54, 1.807) is 11.3 Å². The van der Waals surface area contributed by atoms with Crippen molar-refractivity contribution in [3.05, 3.63) is 46.4 Å². The summed E-state index contributed by atoms with van der Waals surface area (Å²) < 4.78 is 0. The van der Waals surface area contributed by atoms with Gasteiger partial charge in [0.05, 0.1) is 5.01 Å². The highest BCUT2D eigenvalue weighted by molar-refractivity contribution is 7.11. The fourth-order valence-electron chi connectivity index (χ4n) is 2.95. The second-order valence-corrected chi connectivity index (χ2v) is 7.22. The molecule has 6 heteroatoms. The van der Waals surface area contributed by atoms with Gasteiger partial charge >= 0.3 is 0 Å². The number of para-hydroxylation sites is 1. The summed E-state index contributed by atoms with van der Waals surface area (Å²) in [6, 6.07) is 10.6. The Labute approximate surface area is 148 Å². The number of piperazine rings is 1. The summed E-state index contributed by atoms with van der Waals surface area (Å²) in [5.74, 6) is 0.996. The molecule has 1 aliphatic heterocycles. The summed E-state index contributed by atoms with van der Waals surface area (Å²) in [6.07, 6.45) is 2.89. The Hall–Kier alpha value is -2.08. The number of aromatic nitrogens is 1. The van der Waals surface area contributed by atoms with Gasteiger partial charge in [0.15, 0.2) is 5.96 Å². The average Bonchev–Trinajstić information content (AvgIpc) is 3.05. The first-order chi connectivity index (χ1) is 11.8. The van der Waals surface area contributed by atoms with E-state index >= 15 is 0 Å². The van der Waals surface area contributed by atoms with Crippen molar-refractivity contribution >= 4 is 23.0 Å². The molecule has 1 aromatic heterocycles. The average molecular weight is 344 g/mol. The number of anilines is 1. The second kappa shape index (κ2) is 8.15. The van der Waals surface area contributed by atoms with Crippen molar-refractivity contribution in [2.75, 3.05) is 44.7 Å². The van der Waals surface area contributed by atoms with Crippen LogP contribution in [0.1, 0.15) is 9.88 Å². The van der Waals surface area contributed by atoms with E-state index in [4.69, 9.17) is 0 Å². The van der Waals surface area contributed by atoms with Crippen LogP contribution in [0, 0.1) is 6.92 Å². The van der Waals surface area contributed by atoms with E-state index in [2.05, 4.69) is 62.3 Å². The molecule has 1 aliphatic rings. The second-order valence-electron chi connectivity index (χ2n) is 5.90. The van der Waals surface area contributed by atoms with Crippen LogP contribution in [0.4, 0.5) is 5.69 Å². The lowest BCUT2D eigenvalue weighted by molar-refractivity contribution is 0.373. The summed E-state index contributed by atoms with van der Waals surface area (Å²) in [4.78, 5) is 14.9. The van der Waals surface area contributed by atoms with Gasteiger partial charge in [-0.05, 0) is 19.1 Å². The third-order valence-corrected chi connectivity index (χ3v) is 5.18. The van der Waals surface area contributed by atoms with Crippen LogP contribution in [0.3, 0.4) is 0 Å². The largest absolute Gasteiger partial charge is 0.368 e. The van der Waals surface area contributed by atoms with Crippen LogP contribution in [-0.4, -0.2) is 55.6 Å². The smallest absolute Gasteiger partial charge is 0.193 e. The molecule has 1 fully saturated rings. The van der Waals surface area contributed by atoms with Gasteiger partial charge in [0.1, 0.15) is 0 Å². The molecule has 0 aliphatic carbocycles. The van der Waals surface area contributed by atoms with E-state index in [1.165, 1.54) is 15.6 Å². The first kappa shape index (κ1) is 16.8. The maximum atomic E-state index is 4.44. The molecule has 0 unspecified atom stereocenters. The standard InChI is InChI=1S/C18H25N5S/c1-15-14-21-17(24-15)8-9-20-18(19-2)23-12-10-22(11-13-23)16-6-4-3-5-7-16/h3-7,14H,8-13H2,1-2H3,(H,19,20). The number of thiazole rings is 1. The number of nitrogens with one attached hydrogen (secondary N) is 1. The first-order valence-electron chi connectivity index (χ1n) is 8.43. The van der Waals surface area contributed by atoms with Crippen molar-refractivity contribution in [3.63, 3.8) is 0 Å². The number of rotatable bonds is 4. The highest BCUT2D eigenvalue weighted by Gasteiger charge is 2.19. The number of aliphatic imine (C=N–C) groups is 1. The molecule has 1 N–H and O–H groups in total. The molecule has 3 rings (SSSR count). The molecule has 5 nitrogen and oxygen atoms in total. The zero-order chi connectivity index (χ0) is 16.8. The predicted octanol–water partition coefficient (Wildman–Crippen LogP) is 2.39. The van der Waals surface area contributed by atoms with Gasteiger partial charge in [0, 0.05) is 63.0 Å². The molecule has 0 radical (unpaired) electrons. The summed E-state index contributed by atoms with van der Waals surface area (Å²) in [7, 11) is 1.86.